The lowest BCUT2D eigenvalue weighted by Gasteiger charge is -2.56. The van der Waals surface area contributed by atoms with Crippen molar-refractivity contribution in [3.05, 3.63) is 39.9 Å². The molecule has 0 heterocycles. The van der Waals surface area contributed by atoms with Gasteiger partial charge in [0, 0.05) is 18.7 Å². The van der Waals surface area contributed by atoms with Gasteiger partial charge in [-0.25, -0.2) is 0 Å². The van der Waals surface area contributed by atoms with Gasteiger partial charge < -0.3 is 5.32 Å². The monoisotopic (exact) mass is 328 g/mol. The Balaban J connectivity index is 1.33. The van der Waals surface area contributed by atoms with Crippen molar-refractivity contribution in [3.63, 3.8) is 0 Å². The summed E-state index contributed by atoms with van der Waals surface area (Å²) < 4.78 is 0. The van der Waals surface area contributed by atoms with Crippen LogP contribution in [-0.2, 0) is 11.2 Å². The highest BCUT2D eigenvalue weighted by molar-refractivity contribution is 5.78. The number of carbonyl (C=O) groups is 1. The van der Waals surface area contributed by atoms with E-state index in [1.807, 2.05) is 0 Å². The first-order valence-corrected chi connectivity index (χ1v) is 9.01. The zero-order valence-electron chi connectivity index (χ0n) is 13.9. The van der Waals surface area contributed by atoms with Crippen LogP contribution in [0.25, 0.3) is 0 Å². The molecule has 5 nitrogen and oxygen atoms in total. The molecule has 1 N–H and O–H groups in total. The molecule has 5 rings (SSSR count). The Morgan fingerprint density at radius 2 is 1.62 bits per heavy atom. The van der Waals surface area contributed by atoms with E-state index in [0.29, 0.717) is 11.8 Å². The van der Waals surface area contributed by atoms with Crippen LogP contribution in [0.4, 0.5) is 5.69 Å². The lowest BCUT2D eigenvalue weighted by Crippen LogP contribution is -2.51. The molecule has 1 aromatic carbocycles. The normalized spacial score (nSPS) is 33.4. The number of nitrogens with zero attached hydrogens (tertiary/aromatic N) is 1. The first-order valence-electron chi connectivity index (χ1n) is 9.01. The highest BCUT2D eigenvalue weighted by atomic mass is 16.6. The number of nitro benzene ring substituents is 1. The fourth-order valence-electron chi connectivity index (χ4n) is 5.78. The molecule has 1 aromatic rings. The minimum absolute atomic E-state index is 0.0274. The maximum absolute atomic E-state index is 12.3. The summed E-state index contributed by atoms with van der Waals surface area (Å²) in [5.74, 6) is 2.70. The lowest BCUT2D eigenvalue weighted by atomic mass is 9.49. The standard InChI is InChI=1S/C19H24N2O3/c22-18(8-13-1-3-17(4-2-13)21(23)24)20-12-19-9-14-5-15(10-19)7-16(6-14)11-19/h1-4,14-16H,5-12H2,(H,20,22). The Hall–Kier alpha value is -1.91. The third-order valence-corrected chi connectivity index (χ3v) is 6.34. The van der Waals surface area contributed by atoms with Crippen LogP contribution in [0.15, 0.2) is 24.3 Å². The first-order chi connectivity index (χ1) is 11.5. The van der Waals surface area contributed by atoms with Crippen LogP contribution in [0.5, 0.6) is 0 Å². The van der Waals surface area contributed by atoms with Crippen molar-refractivity contribution < 1.29 is 9.72 Å². The van der Waals surface area contributed by atoms with Gasteiger partial charge in [0.25, 0.3) is 5.69 Å². The maximum Gasteiger partial charge on any atom is 0.269 e. The van der Waals surface area contributed by atoms with Crippen LogP contribution >= 0.6 is 0 Å². The molecule has 4 fully saturated rings. The minimum atomic E-state index is -0.420. The van der Waals surface area contributed by atoms with E-state index in [0.717, 1.165) is 29.9 Å². The summed E-state index contributed by atoms with van der Waals surface area (Å²) in [5, 5.41) is 13.8. The number of amides is 1. The fourth-order valence-corrected chi connectivity index (χ4v) is 5.78. The molecule has 128 valence electrons. The Labute approximate surface area is 142 Å². The van der Waals surface area contributed by atoms with Crippen molar-refractivity contribution in [3.8, 4) is 0 Å². The van der Waals surface area contributed by atoms with Gasteiger partial charge >= 0.3 is 0 Å². The summed E-state index contributed by atoms with van der Waals surface area (Å²) in [6.45, 7) is 0.808. The van der Waals surface area contributed by atoms with Gasteiger partial charge in [-0.2, -0.15) is 0 Å². The summed E-state index contributed by atoms with van der Waals surface area (Å²) in [4.78, 5) is 22.5. The third kappa shape index (κ3) is 3.04. The molecule has 0 radical (unpaired) electrons. The third-order valence-electron chi connectivity index (χ3n) is 6.34. The van der Waals surface area contributed by atoms with E-state index in [9.17, 15) is 14.9 Å². The highest BCUT2D eigenvalue weighted by Gasteiger charge is 2.50. The summed E-state index contributed by atoms with van der Waals surface area (Å²) >= 11 is 0. The van der Waals surface area contributed by atoms with Crippen molar-refractivity contribution in [2.75, 3.05) is 6.54 Å². The number of hydrogen-bond donors (Lipinski definition) is 1. The quantitative estimate of drug-likeness (QED) is 0.664. The Kier molecular flexibility index (Phi) is 3.82. The smallest absolute Gasteiger partial charge is 0.269 e. The number of nitrogens with one attached hydrogen (secondary N) is 1. The summed E-state index contributed by atoms with van der Waals surface area (Å²) in [5.41, 5.74) is 1.23. The predicted octanol–water partition coefficient (Wildman–Crippen LogP) is 3.47. The van der Waals surface area contributed by atoms with E-state index in [-0.39, 0.29) is 11.6 Å². The number of rotatable bonds is 5. The lowest BCUT2D eigenvalue weighted by molar-refractivity contribution is -0.384. The molecule has 0 unspecified atom stereocenters. The van der Waals surface area contributed by atoms with Gasteiger partial charge in [-0.15, -0.1) is 0 Å². The summed E-state index contributed by atoms with van der Waals surface area (Å²) in [6.07, 6.45) is 8.40. The average molecular weight is 328 g/mol. The van der Waals surface area contributed by atoms with Crippen LogP contribution in [0, 0.1) is 33.3 Å². The van der Waals surface area contributed by atoms with E-state index in [1.165, 1.54) is 50.7 Å². The molecule has 4 aliphatic rings. The number of carbonyl (C=O) groups excluding carboxylic acids is 1. The van der Waals surface area contributed by atoms with Gasteiger partial charge in [0.2, 0.25) is 5.91 Å². The van der Waals surface area contributed by atoms with Crippen LogP contribution in [0.2, 0.25) is 0 Å². The Morgan fingerprint density at radius 1 is 1.08 bits per heavy atom. The Morgan fingerprint density at radius 3 is 2.12 bits per heavy atom. The second-order valence-corrected chi connectivity index (χ2v) is 8.29. The molecule has 4 aliphatic carbocycles. The van der Waals surface area contributed by atoms with Gasteiger partial charge in [-0.3, -0.25) is 14.9 Å². The van der Waals surface area contributed by atoms with E-state index >= 15 is 0 Å². The van der Waals surface area contributed by atoms with Crippen LogP contribution < -0.4 is 5.32 Å². The number of non-ortho nitro benzene ring substituents is 1. The highest BCUT2D eigenvalue weighted by Crippen LogP contribution is 2.59. The van der Waals surface area contributed by atoms with E-state index in [1.54, 1.807) is 12.1 Å². The molecule has 4 bridgehead atoms. The molecule has 0 spiro atoms. The SMILES string of the molecule is O=C(Cc1ccc([N+](=O)[O-])cc1)NCC12CC3CC(CC(C3)C1)C2. The van der Waals surface area contributed by atoms with Crippen LogP contribution in [-0.4, -0.2) is 17.4 Å². The van der Waals surface area contributed by atoms with Gasteiger partial charge in [0.15, 0.2) is 0 Å². The zero-order chi connectivity index (χ0) is 16.7. The average Bonchev–Trinajstić information content (AvgIpc) is 2.52. The number of benzene rings is 1. The first kappa shape index (κ1) is 15.6. The molecule has 0 saturated heterocycles. The van der Waals surface area contributed by atoms with Crippen molar-refractivity contribution in [1.29, 1.82) is 0 Å². The topological polar surface area (TPSA) is 72.2 Å². The van der Waals surface area contributed by atoms with E-state index < -0.39 is 4.92 Å². The second kappa shape index (κ2) is 5.87. The van der Waals surface area contributed by atoms with Crippen molar-refractivity contribution >= 4 is 11.6 Å². The van der Waals surface area contributed by atoms with Gasteiger partial charge in [-0.1, -0.05) is 12.1 Å². The molecule has 24 heavy (non-hydrogen) atoms. The number of nitro groups is 1. The van der Waals surface area contributed by atoms with Crippen molar-refractivity contribution in [1.82, 2.24) is 5.32 Å². The summed E-state index contributed by atoms with van der Waals surface area (Å²) in [7, 11) is 0. The van der Waals surface area contributed by atoms with Crippen LogP contribution in [0.3, 0.4) is 0 Å². The van der Waals surface area contributed by atoms with Gasteiger partial charge in [0.1, 0.15) is 0 Å². The molecule has 0 atom stereocenters. The van der Waals surface area contributed by atoms with Crippen molar-refractivity contribution in [2.45, 2.75) is 44.9 Å². The predicted molar refractivity (Wildman–Crippen MR) is 90.4 cm³/mol. The van der Waals surface area contributed by atoms with Gasteiger partial charge in [0.05, 0.1) is 11.3 Å². The molecule has 0 aliphatic heterocycles. The molecule has 4 saturated carbocycles. The van der Waals surface area contributed by atoms with Gasteiger partial charge in [-0.05, 0) is 67.3 Å². The summed E-state index contributed by atoms with van der Waals surface area (Å²) in [6, 6.07) is 6.26. The minimum Gasteiger partial charge on any atom is -0.355 e. The Bertz CT molecular complexity index is 618. The van der Waals surface area contributed by atoms with Crippen LogP contribution in [0.1, 0.15) is 44.1 Å². The molecule has 0 aromatic heterocycles. The largest absolute Gasteiger partial charge is 0.355 e. The molecular formula is C19H24N2O3. The second-order valence-electron chi connectivity index (χ2n) is 8.29. The molecular weight excluding hydrogens is 304 g/mol. The maximum atomic E-state index is 12.3. The molecule has 5 heteroatoms. The van der Waals surface area contributed by atoms with E-state index in [2.05, 4.69) is 5.32 Å². The number of hydrogen-bond acceptors (Lipinski definition) is 3. The van der Waals surface area contributed by atoms with E-state index in [4.69, 9.17) is 0 Å². The zero-order valence-corrected chi connectivity index (χ0v) is 13.9. The van der Waals surface area contributed by atoms with Crippen molar-refractivity contribution in [2.24, 2.45) is 23.2 Å². The fraction of sp³-hybridized carbons (Fsp3) is 0.632. The molecule has 1 amide bonds.